The topological polar surface area (TPSA) is 29.3 Å². The molecule has 1 aliphatic heterocycles. The second kappa shape index (κ2) is 10.6. The highest BCUT2D eigenvalue weighted by molar-refractivity contribution is 4.83. The summed E-state index contributed by atoms with van der Waals surface area (Å²) < 4.78 is 0. The van der Waals surface area contributed by atoms with Gasteiger partial charge in [0.05, 0.1) is 0 Å². The second-order valence-electron chi connectivity index (χ2n) is 7.03. The first-order chi connectivity index (χ1) is 9.69. The third-order valence-electron chi connectivity index (χ3n) is 5.05. The fraction of sp³-hybridized carbons (Fsp3) is 1.00. The molecule has 0 amide bonds. The molecule has 1 saturated heterocycles. The van der Waals surface area contributed by atoms with Crippen LogP contribution in [0, 0.1) is 5.92 Å². The van der Waals surface area contributed by atoms with Gasteiger partial charge in [-0.25, -0.2) is 0 Å². The van der Waals surface area contributed by atoms with Gasteiger partial charge in [0, 0.05) is 25.2 Å². The van der Waals surface area contributed by atoms with E-state index < -0.39 is 0 Å². The van der Waals surface area contributed by atoms with Crippen molar-refractivity contribution in [2.75, 3.05) is 13.1 Å². The molecule has 0 bridgehead atoms. The van der Waals surface area contributed by atoms with Crippen LogP contribution in [0.15, 0.2) is 0 Å². The van der Waals surface area contributed by atoms with Gasteiger partial charge >= 0.3 is 0 Å². The summed E-state index contributed by atoms with van der Waals surface area (Å²) in [6, 6.07) is 1.37. The molecule has 120 valence electrons. The molecule has 3 unspecified atom stereocenters. The molecule has 1 rings (SSSR count). The fourth-order valence-electron chi connectivity index (χ4n) is 3.59. The molecule has 2 nitrogen and oxygen atoms in total. The van der Waals surface area contributed by atoms with E-state index in [1.807, 2.05) is 0 Å². The summed E-state index contributed by atoms with van der Waals surface area (Å²) in [7, 11) is 0. The average molecular weight is 283 g/mol. The van der Waals surface area contributed by atoms with Gasteiger partial charge in [0.2, 0.25) is 0 Å². The van der Waals surface area contributed by atoms with Crippen LogP contribution in [-0.2, 0) is 0 Å². The molecule has 1 heterocycles. The van der Waals surface area contributed by atoms with Crippen molar-refractivity contribution in [1.29, 1.82) is 0 Å². The van der Waals surface area contributed by atoms with Crippen molar-refractivity contribution in [3.8, 4) is 0 Å². The number of hydrogen-bond acceptors (Lipinski definition) is 2. The molecule has 0 aromatic heterocycles. The van der Waals surface area contributed by atoms with E-state index in [0.29, 0.717) is 6.04 Å². The number of piperidine rings is 1. The summed E-state index contributed by atoms with van der Waals surface area (Å²) in [5, 5.41) is 0. The molecule has 1 fully saturated rings. The number of unbranched alkanes of at least 4 members (excludes halogenated alkanes) is 6. The lowest BCUT2D eigenvalue weighted by atomic mass is 9.92. The van der Waals surface area contributed by atoms with E-state index in [-0.39, 0.29) is 0 Å². The molecule has 0 radical (unpaired) electrons. The zero-order valence-corrected chi connectivity index (χ0v) is 14.2. The van der Waals surface area contributed by atoms with Crippen molar-refractivity contribution in [2.45, 2.75) is 97.1 Å². The van der Waals surface area contributed by atoms with Crippen LogP contribution in [0.5, 0.6) is 0 Å². The van der Waals surface area contributed by atoms with Crippen LogP contribution in [-0.4, -0.2) is 30.1 Å². The highest BCUT2D eigenvalue weighted by Crippen LogP contribution is 2.25. The van der Waals surface area contributed by atoms with E-state index in [1.165, 1.54) is 70.8 Å². The van der Waals surface area contributed by atoms with E-state index in [1.54, 1.807) is 0 Å². The monoisotopic (exact) mass is 282 g/mol. The summed E-state index contributed by atoms with van der Waals surface area (Å²) >= 11 is 0. The van der Waals surface area contributed by atoms with Crippen molar-refractivity contribution in [2.24, 2.45) is 11.7 Å². The lowest BCUT2D eigenvalue weighted by Gasteiger charge is -2.42. The molecule has 3 atom stereocenters. The van der Waals surface area contributed by atoms with Gasteiger partial charge in [-0.05, 0) is 32.1 Å². The fourth-order valence-corrected chi connectivity index (χ4v) is 3.59. The first-order valence-electron chi connectivity index (χ1n) is 9.14. The quantitative estimate of drug-likeness (QED) is 0.594. The number of hydrogen-bond donors (Lipinski definition) is 1. The third kappa shape index (κ3) is 6.58. The highest BCUT2D eigenvalue weighted by atomic mass is 15.2. The minimum atomic E-state index is 0.628. The van der Waals surface area contributed by atoms with Crippen LogP contribution < -0.4 is 5.73 Å². The van der Waals surface area contributed by atoms with Crippen LogP contribution in [0.2, 0.25) is 0 Å². The maximum absolute atomic E-state index is 6.05. The van der Waals surface area contributed by atoms with Gasteiger partial charge in [0.25, 0.3) is 0 Å². The predicted molar refractivity (Wildman–Crippen MR) is 90.0 cm³/mol. The normalized spacial score (nSPS) is 25.8. The molecule has 0 aromatic carbocycles. The number of likely N-dealkylation sites (tertiary alicyclic amines) is 1. The van der Waals surface area contributed by atoms with Crippen molar-refractivity contribution in [3.05, 3.63) is 0 Å². The number of rotatable bonds is 10. The Bertz CT molecular complexity index is 229. The predicted octanol–water partition coefficient (Wildman–Crippen LogP) is 4.57. The van der Waals surface area contributed by atoms with Crippen LogP contribution in [0.3, 0.4) is 0 Å². The zero-order valence-electron chi connectivity index (χ0n) is 14.2. The van der Waals surface area contributed by atoms with Crippen LogP contribution >= 0.6 is 0 Å². The molecule has 0 aliphatic carbocycles. The largest absolute Gasteiger partial charge is 0.329 e. The van der Waals surface area contributed by atoms with Crippen LogP contribution in [0.4, 0.5) is 0 Å². The molecular weight excluding hydrogens is 244 g/mol. The Morgan fingerprint density at radius 3 is 2.30 bits per heavy atom. The lowest BCUT2D eigenvalue weighted by molar-refractivity contribution is 0.0746. The zero-order chi connectivity index (χ0) is 14.8. The van der Waals surface area contributed by atoms with Gasteiger partial charge in [0.1, 0.15) is 0 Å². The summed E-state index contributed by atoms with van der Waals surface area (Å²) in [4.78, 5) is 2.70. The molecule has 20 heavy (non-hydrogen) atoms. The maximum Gasteiger partial charge on any atom is 0.0221 e. The number of nitrogens with two attached hydrogens (primary N) is 1. The molecule has 2 N–H and O–H groups in total. The Hall–Kier alpha value is -0.0800. The summed E-state index contributed by atoms with van der Waals surface area (Å²) in [6.45, 7) is 9.17. The molecular formula is C18H38N2. The Labute approximate surface area is 127 Å². The lowest BCUT2D eigenvalue weighted by Crippen LogP contribution is -2.50. The minimum Gasteiger partial charge on any atom is -0.329 e. The van der Waals surface area contributed by atoms with E-state index >= 15 is 0 Å². The molecule has 1 aliphatic rings. The SMILES string of the molecule is CCCCCCCCCC(CN)N1CC(C)CCC1C. The summed E-state index contributed by atoms with van der Waals surface area (Å²) in [5.74, 6) is 0.856. The highest BCUT2D eigenvalue weighted by Gasteiger charge is 2.27. The summed E-state index contributed by atoms with van der Waals surface area (Å²) in [5.41, 5.74) is 6.05. The van der Waals surface area contributed by atoms with Crippen molar-refractivity contribution >= 4 is 0 Å². The van der Waals surface area contributed by atoms with Gasteiger partial charge in [-0.3, -0.25) is 4.90 Å². The third-order valence-corrected chi connectivity index (χ3v) is 5.05. The smallest absolute Gasteiger partial charge is 0.0221 e. The van der Waals surface area contributed by atoms with Gasteiger partial charge in [-0.15, -0.1) is 0 Å². The minimum absolute atomic E-state index is 0.628. The van der Waals surface area contributed by atoms with E-state index in [2.05, 4.69) is 25.7 Å². The van der Waals surface area contributed by atoms with E-state index in [9.17, 15) is 0 Å². The Morgan fingerprint density at radius 1 is 1.00 bits per heavy atom. The first-order valence-corrected chi connectivity index (χ1v) is 9.14. The van der Waals surface area contributed by atoms with Gasteiger partial charge < -0.3 is 5.73 Å². The Morgan fingerprint density at radius 2 is 1.65 bits per heavy atom. The van der Waals surface area contributed by atoms with Crippen molar-refractivity contribution in [1.82, 2.24) is 4.90 Å². The Kier molecular flexibility index (Phi) is 9.54. The van der Waals surface area contributed by atoms with Gasteiger partial charge in [-0.1, -0.05) is 58.8 Å². The number of nitrogens with zero attached hydrogens (tertiary/aromatic N) is 1. The van der Waals surface area contributed by atoms with Crippen molar-refractivity contribution in [3.63, 3.8) is 0 Å². The van der Waals surface area contributed by atoms with Gasteiger partial charge in [0.15, 0.2) is 0 Å². The first kappa shape index (κ1) is 18.0. The van der Waals surface area contributed by atoms with E-state index in [0.717, 1.165) is 18.5 Å². The van der Waals surface area contributed by atoms with E-state index in [4.69, 9.17) is 5.73 Å². The summed E-state index contributed by atoms with van der Waals surface area (Å²) in [6.07, 6.45) is 13.9. The second-order valence-corrected chi connectivity index (χ2v) is 7.03. The van der Waals surface area contributed by atoms with Crippen LogP contribution in [0.1, 0.15) is 85.0 Å². The Balaban J connectivity index is 2.18. The average Bonchev–Trinajstić information content (AvgIpc) is 2.45. The van der Waals surface area contributed by atoms with Crippen LogP contribution in [0.25, 0.3) is 0 Å². The molecule has 2 heteroatoms. The molecule has 0 spiro atoms. The standard InChI is InChI=1S/C18H38N2/c1-4-5-6-7-8-9-10-11-18(14-19)20-15-16(2)12-13-17(20)3/h16-18H,4-15,19H2,1-3H3. The maximum atomic E-state index is 6.05. The molecule has 0 aromatic rings. The van der Waals surface area contributed by atoms with Crippen molar-refractivity contribution < 1.29 is 0 Å². The van der Waals surface area contributed by atoms with Gasteiger partial charge in [-0.2, -0.15) is 0 Å². The molecule has 0 saturated carbocycles.